The monoisotopic (exact) mass is 180 g/mol. The lowest BCUT2D eigenvalue weighted by molar-refractivity contribution is 0.453. The molecule has 3 heteroatoms. The van der Waals surface area contributed by atoms with E-state index in [1.165, 1.54) is 18.7 Å². The Labute approximate surface area is 77.2 Å². The van der Waals surface area contributed by atoms with Gasteiger partial charge in [0, 0.05) is 18.2 Å². The molecule has 2 nitrogen and oxygen atoms in total. The van der Waals surface area contributed by atoms with E-state index in [-0.39, 0.29) is 5.82 Å². The van der Waals surface area contributed by atoms with Crippen LogP contribution in [0.1, 0.15) is 24.5 Å². The molecule has 1 fully saturated rings. The fraction of sp³-hybridized carbons (Fsp3) is 0.500. The molecule has 1 aliphatic heterocycles. The van der Waals surface area contributed by atoms with E-state index in [2.05, 4.69) is 10.3 Å². The molecule has 0 saturated carbocycles. The van der Waals surface area contributed by atoms with E-state index < -0.39 is 0 Å². The van der Waals surface area contributed by atoms with Gasteiger partial charge in [-0.05, 0) is 31.5 Å². The van der Waals surface area contributed by atoms with E-state index >= 15 is 0 Å². The zero-order chi connectivity index (χ0) is 9.10. The molecular formula is C10H13FN2. The molecule has 1 saturated heterocycles. The highest BCUT2D eigenvalue weighted by Gasteiger charge is 2.15. The van der Waals surface area contributed by atoms with Crippen LogP contribution in [0.3, 0.4) is 0 Å². The van der Waals surface area contributed by atoms with Gasteiger partial charge in [-0.25, -0.2) is 4.39 Å². The molecule has 0 radical (unpaired) electrons. The normalized spacial score (nSPS) is 23.0. The van der Waals surface area contributed by atoms with Gasteiger partial charge < -0.3 is 5.32 Å². The predicted octanol–water partition coefficient (Wildman–Crippen LogP) is 1.69. The van der Waals surface area contributed by atoms with Gasteiger partial charge in [-0.3, -0.25) is 4.98 Å². The third kappa shape index (κ3) is 2.04. The number of nitrogens with zero attached hydrogens (tertiary/aromatic N) is 1. The molecule has 1 aliphatic rings. The molecule has 1 aromatic heterocycles. The molecule has 1 N–H and O–H groups in total. The first-order valence-electron chi connectivity index (χ1n) is 4.68. The van der Waals surface area contributed by atoms with Crippen LogP contribution in [-0.2, 0) is 0 Å². The summed E-state index contributed by atoms with van der Waals surface area (Å²) in [6, 6.07) is 3.27. The van der Waals surface area contributed by atoms with Crippen LogP contribution in [0.4, 0.5) is 4.39 Å². The van der Waals surface area contributed by atoms with Gasteiger partial charge in [0.25, 0.3) is 0 Å². The summed E-state index contributed by atoms with van der Waals surface area (Å²) in [4.78, 5) is 4.09. The molecule has 0 aromatic carbocycles. The molecule has 0 bridgehead atoms. The molecule has 0 amide bonds. The highest BCUT2D eigenvalue weighted by atomic mass is 19.1. The molecule has 1 atom stereocenters. The average Bonchev–Trinajstić information content (AvgIpc) is 2.20. The SMILES string of the molecule is Fc1ccc(C2CCCNC2)nc1. The first kappa shape index (κ1) is 8.63. The Morgan fingerprint density at radius 2 is 2.38 bits per heavy atom. The molecule has 2 rings (SSSR count). The summed E-state index contributed by atoms with van der Waals surface area (Å²) in [6.07, 6.45) is 3.64. The van der Waals surface area contributed by atoms with Crippen LogP contribution in [0, 0.1) is 5.82 Å². The van der Waals surface area contributed by atoms with Crippen LogP contribution in [0.15, 0.2) is 18.3 Å². The van der Waals surface area contributed by atoms with Gasteiger partial charge in [-0.15, -0.1) is 0 Å². The van der Waals surface area contributed by atoms with E-state index in [1.807, 2.05) is 0 Å². The number of pyridine rings is 1. The maximum Gasteiger partial charge on any atom is 0.141 e. The van der Waals surface area contributed by atoms with Gasteiger partial charge >= 0.3 is 0 Å². The topological polar surface area (TPSA) is 24.9 Å². The highest BCUT2D eigenvalue weighted by Crippen LogP contribution is 2.20. The number of rotatable bonds is 1. The molecular weight excluding hydrogens is 167 g/mol. The van der Waals surface area contributed by atoms with Crippen molar-refractivity contribution in [1.82, 2.24) is 10.3 Å². The Kier molecular flexibility index (Phi) is 2.54. The summed E-state index contributed by atoms with van der Waals surface area (Å²) < 4.78 is 12.6. The first-order valence-corrected chi connectivity index (χ1v) is 4.68. The van der Waals surface area contributed by atoms with Gasteiger partial charge in [0.05, 0.1) is 6.20 Å². The Hall–Kier alpha value is -0.960. The molecule has 13 heavy (non-hydrogen) atoms. The van der Waals surface area contributed by atoms with Gasteiger partial charge in [-0.2, -0.15) is 0 Å². The van der Waals surface area contributed by atoms with Crippen molar-refractivity contribution in [3.63, 3.8) is 0 Å². The average molecular weight is 180 g/mol. The van der Waals surface area contributed by atoms with E-state index in [9.17, 15) is 4.39 Å². The van der Waals surface area contributed by atoms with E-state index in [0.29, 0.717) is 5.92 Å². The van der Waals surface area contributed by atoms with E-state index in [4.69, 9.17) is 0 Å². The lowest BCUT2D eigenvalue weighted by Gasteiger charge is -2.21. The van der Waals surface area contributed by atoms with Gasteiger partial charge in [0.1, 0.15) is 5.82 Å². The number of halogens is 1. The lowest BCUT2D eigenvalue weighted by atomic mass is 9.96. The largest absolute Gasteiger partial charge is 0.316 e. The van der Waals surface area contributed by atoms with Crippen LogP contribution in [0.2, 0.25) is 0 Å². The second kappa shape index (κ2) is 3.83. The van der Waals surface area contributed by atoms with Crippen molar-refractivity contribution in [3.05, 3.63) is 29.8 Å². The number of hydrogen-bond donors (Lipinski definition) is 1. The Balaban J connectivity index is 2.10. The summed E-state index contributed by atoms with van der Waals surface area (Å²) >= 11 is 0. The number of piperidine rings is 1. The fourth-order valence-electron chi connectivity index (χ4n) is 1.73. The molecule has 1 unspecified atom stereocenters. The summed E-state index contributed by atoms with van der Waals surface area (Å²) in [5.41, 5.74) is 1.01. The van der Waals surface area contributed by atoms with Crippen LogP contribution < -0.4 is 5.32 Å². The smallest absolute Gasteiger partial charge is 0.141 e. The van der Waals surface area contributed by atoms with Crippen molar-refractivity contribution in [3.8, 4) is 0 Å². The molecule has 70 valence electrons. The molecule has 0 spiro atoms. The zero-order valence-corrected chi connectivity index (χ0v) is 7.46. The first-order chi connectivity index (χ1) is 6.36. The number of hydrogen-bond acceptors (Lipinski definition) is 2. The van der Waals surface area contributed by atoms with Crippen LogP contribution in [0.25, 0.3) is 0 Å². The van der Waals surface area contributed by atoms with Crippen LogP contribution >= 0.6 is 0 Å². The summed E-state index contributed by atoms with van der Waals surface area (Å²) in [5, 5.41) is 3.31. The zero-order valence-electron chi connectivity index (χ0n) is 7.46. The Morgan fingerprint density at radius 3 is 3.00 bits per heavy atom. The minimum Gasteiger partial charge on any atom is -0.316 e. The second-order valence-electron chi connectivity index (χ2n) is 3.44. The minimum atomic E-state index is -0.257. The highest BCUT2D eigenvalue weighted by molar-refractivity contribution is 5.11. The minimum absolute atomic E-state index is 0.257. The fourth-order valence-corrected chi connectivity index (χ4v) is 1.73. The van der Waals surface area contributed by atoms with Crippen molar-refractivity contribution in [2.75, 3.05) is 13.1 Å². The molecule has 2 heterocycles. The summed E-state index contributed by atoms with van der Waals surface area (Å²) in [5.74, 6) is 0.210. The van der Waals surface area contributed by atoms with Crippen LogP contribution in [-0.4, -0.2) is 18.1 Å². The molecule has 0 aliphatic carbocycles. The van der Waals surface area contributed by atoms with Crippen molar-refractivity contribution < 1.29 is 4.39 Å². The third-order valence-corrected chi connectivity index (χ3v) is 2.47. The van der Waals surface area contributed by atoms with Crippen molar-refractivity contribution in [2.45, 2.75) is 18.8 Å². The number of nitrogens with one attached hydrogen (secondary N) is 1. The maximum atomic E-state index is 12.6. The van der Waals surface area contributed by atoms with Gasteiger partial charge in [-0.1, -0.05) is 0 Å². The van der Waals surface area contributed by atoms with Crippen molar-refractivity contribution in [2.24, 2.45) is 0 Å². The van der Waals surface area contributed by atoms with Crippen molar-refractivity contribution >= 4 is 0 Å². The van der Waals surface area contributed by atoms with E-state index in [0.717, 1.165) is 25.2 Å². The predicted molar refractivity (Wildman–Crippen MR) is 49.0 cm³/mol. The summed E-state index contributed by atoms with van der Waals surface area (Å²) in [7, 11) is 0. The lowest BCUT2D eigenvalue weighted by Crippen LogP contribution is -2.28. The standard InChI is InChI=1S/C10H13FN2/c11-9-3-4-10(13-7-9)8-2-1-5-12-6-8/h3-4,7-8,12H,1-2,5-6H2. The van der Waals surface area contributed by atoms with Gasteiger partial charge in [0.2, 0.25) is 0 Å². The summed E-state index contributed by atoms with van der Waals surface area (Å²) in [6.45, 7) is 2.07. The number of aromatic nitrogens is 1. The van der Waals surface area contributed by atoms with Gasteiger partial charge in [0.15, 0.2) is 0 Å². The molecule has 1 aromatic rings. The Bertz CT molecular complexity index is 265. The Morgan fingerprint density at radius 1 is 1.46 bits per heavy atom. The van der Waals surface area contributed by atoms with E-state index in [1.54, 1.807) is 6.07 Å². The quantitative estimate of drug-likeness (QED) is 0.711. The second-order valence-corrected chi connectivity index (χ2v) is 3.44. The third-order valence-electron chi connectivity index (χ3n) is 2.47. The maximum absolute atomic E-state index is 12.6. The van der Waals surface area contributed by atoms with Crippen molar-refractivity contribution in [1.29, 1.82) is 0 Å². The van der Waals surface area contributed by atoms with Crippen LogP contribution in [0.5, 0.6) is 0 Å².